The van der Waals surface area contributed by atoms with Gasteiger partial charge in [0, 0.05) is 5.56 Å². The summed E-state index contributed by atoms with van der Waals surface area (Å²) in [5.74, 6) is -0.492. The number of rotatable bonds is 4. The maximum Gasteiger partial charge on any atom is 0.225 e. The quantitative estimate of drug-likeness (QED) is 0.364. The van der Waals surface area contributed by atoms with Gasteiger partial charge >= 0.3 is 0 Å². The van der Waals surface area contributed by atoms with Gasteiger partial charge in [0.05, 0.1) is 0 Å². The van der Waals surface area contributed by atoms with E-state index in [1.54, 1.807) is 12.1 Å². The molecule has 0 radical (unpaired) electrons. The number of hydrogen-bond donors (Lipinski definition) is 0. The average Bonchev–Trinajstić information content (AvgIpc) is 2.46. The van der Waals surface area contributed by atoms with Crippen molar-refractivity contribution < 1.29 is 15.1 Å². The Hall–Kier alpha value is -2.52. The summed E-state index contributed by atoms with van der Waals surface area (Å²) in [6.07, 6.45) is 4.29. The molecular formula is C16H14O3. The van der Waals surface area contributed by atoms with Gasteiger partial charge in [-0.25, -0.2) is 0 Å². The molecule has 0 aromatic heterocycles. The van der Waals surface area contributed by atoms with Gasteiger partial charge in [-0.05, 0) is 11.1 Å². The van der Waals surface area contributed by atoms with Crippen LogP contribution in [-0.2, 0) is 4.79 Å². The molecule has 0 aliphatic carbocycles. The van der Waals surface area contributed by atoms with Crippen LogP contribution in [0.1, 0.15) is 21.5 Å². The second kappa shape index (κ2) is 7.03. The molecule has 0 bridgehead atoms. The van der Waals surface area contributed by atoms with Crippen molar-refractivity contribution in [2.24, 2.45) is 0 Å². The van der Waals surface area contributed by atoms with E-state index in [9.17, 15) is 9.59 Å². The summed E-state index contributed by atoms with van der Waals surface area (Å²) in [4.78, 5) is 21.5. The number of carbonyl (C=O) groups is 2. The van der Waals surface area contributed by atoms with E-state index in [2.05, 4.69) is 0 Å². The Bertz CT molecular complexity index is 569. The van der Waals surface area contributed by atoms with Gasteiger partial charge < -0.3 is 5.48 Å². The van der Waals surface area contributed by atoms with Crippen LogP contribution in [0, 0.1) is 0 Å². The number of benzene rings is 2. The van der Waals surface area contributed by atoms with E-state index in [1.807, 2.05) is 54.6 Å². The zero-order valence-electron chi connectivity index (χ0n) is 10.2. The number of ketones is 1. The highest BCUT2D eigenvalue weighted by Gasteiger charge is 2.01. The van der Waals surface area contributed by atoms with Gasteiger partial charge in [-0.1, -0.05) is 66.7 Å². The normalized spacial score (nSPS) is 9.89. The molecule has 2 N–H and O–H groups in total. The Balaban J connectivity index is 0.00000180. The van der Waals surface area contributed by atoms with Crippen LogP contribution >= 0.6 is 0 Å². The predicted octanol–water partition coefficient (Wildman–Crippen LogP) is 2.41. The van der Waals surface area contributed by atoms with E-state index in [0.717, 1.165) is 11.1 Å². The monoisotopic (exact) mass is 254 g/mol. The smallest absolute Gasteiger partial charge is 0.225 e. The molecule has 19 heavy (non-hydrogen) atoms. The molecule has 0 atom stereocenters. The lowest BCUT2D eigenvalue weighted by Gasteiger charge is -1.96. The van der Waals surface area contributed by atoms with Crippen LogP contribution in [-0.4, -0.2) is 17.5 Å². The van der Waals surface area contributed by atoms with Crippen LogP contribution in [0.25, 0.3) is 12.2 Å². The summed E-state index contributed by atoms with van der Waals surface area (Å²) in [6.45, 7) is 0. The second-order valence-electron chi connectivity index (χ2n) is 3.85. The molecule has 0 heterocycles. The number of carbonyl (C=O) groups excluding carboxylic acids is 2. The largest absolute Gasteiger partial charge is 0.412 e. The Morgan fingerprint density at radius 1 is 0.789 bits per heavy atom. The fourth-order valence-corrected chi connectivity index (χ4v) is 1.58. The van der Waals surface area contributed by atoms with Crippen LogP contribution in [0.3, 0.4) is 0 Å². The minimum absolute atomic E-state index is 0. The van der Waals surface area contributed by atoms with E-state index in [0.29, 0.717) is 11.8 Å². The number of hydrogen-bond acceptors (Lipinski definition) is 2. The highest BCUT2D eigenvalue weighted by atomic mass is 16.2. The number of Topliss-reactive ketones (excluding diaryl/α,β-unsaturated/α-hetero) is 1. The molecule has 2 aromatic carbocycles. The van der Waals surface area contributed by atoms with Crippen LogP contribution < -0.4 is 0 Å². The molecule has 3 heteroatoms. The Labute approximate surface area is 111 Å². The average molecular weight is 254 g/mol. The molecule has 0 aliphatic heterocycles. The predicted molar refractivity (Wildman–Crippen MR) is 75.8 cm³/mol. The summed E-state index contributed by atoms with van der Waals surface area (Å²) in [6, 6.07) is 16.9. The lowest BCUT2D eigenvalue weighted by molar-refractivity contribution is -0.104. The Morgan fingerprint density at radius 2 is 1.32 bits per heavy atom. The van der Waals surface area contributed by atoms with Crippen LogP contribution in [0.15, 0.2) is 54.6 Å². The SMILES string of the molecule is O.O=CC(=O)c1ccc(/C=C/c2ccccc2)cc1. The van der Waals surface area contributed by atoms with Crippen LogP contribution in [0.5, 0.6) is 0 Å². The van der Waals surface area contributed by atoms with E-state index < -0.39 is 5.78 Å². The molecule has 0 saturated heterocycles. The molecule has 3 nitrogen and oxygen atoms in total. The molecule has 2 aromatic rings. The third-order valence-electron chi connectivity index (χ3n) is 2.57. The molecule has 0 spiro atoms. The number of aldehydes is 1. The van der Waals surface area contributed by atoms with Crippen molar-refractivity contribution >= 4 is 24.2 Å². The molecule has 0 saturated carbocycles. The fraction of sp³-hybridized carbons (Fsp3) is 0. The highest BCUT2D eigenvalue weighted by Crippen LogP contribution is 2.09. The van der Waals surface area contributed by atoms with Crippen molar-refractivity contribution in [3.05, 3.63) is 71.3 Å². The standard InChI is InChI=1S/C16H12O2.H2O/c17-12-16(18)15-10-8-14(9-11-15)7-6-13-4-2-1-3-5-13;/h1-12H;1H2/b7-6+;. The third kappa shape index (κ3) is 4.01. The topological polar surface area (TPSA) is 65.6 Å². The summed E-state index contributed by atoms with van der Waals surface area (Å²) < 4.78 is 0. The van der Waals surface area contributed by atoms with Crippen molar-refractivity contribution in [1.82, 2.24) is 0 Å². The van der Waals surface area contributed by atoms with E-state index in [4.69, 9.17) is 0 Å². The van der Waals surface area contributed by atoms with Gasteiger partial charge in [0.1, 0.15) is 0 Å². The first-order valence-electron chi connectivity index (χ1n) is 5.62. The van der Waals surface area contributed by atoms with Crippen molar-refractivity contribution in [1.29, 1.82) is 0 Å². The minimum Gasteiger partial charge on any atom is -0.412 e. The Morgan fingerprint density at radius 3 is 1.84 bits per heavy atom. The zero-order chi connectivity index (χ0) is 12.8. The van der Waals surface area contributed by atoms with Gasteiger partial charge in [-0.2, -0.15) is 0 Å². The zero-order valence-corrected chi connectivity index (χ0v) is 10.2. The van der Waals surface area contributed by atoms with Crippen LogP contribution in [0.4, 0.5) is 0 Å². The first kappa shape index (κ1) is 14.5. The lowest BCUT2D eigenvalue weighted by Crippen LogP contribution is -1.98. The maximum absolute atomic E-state index is 11.1. The minimum atomic E-state index is -0.492. The highest BCUT2D eigenvalue weighted by molar-refractivity contribution is 6.33. The van der Waals surface area contributed by atoms with Gasteiger partial charge in [0.15, 0.2) is 6.29 Å². The molecule has 2 rings (SSSR count). The van der Waals surface area contributed by atoms with Crippen molar-refractivity contribution in [3.8, 4) is 0 Å². The second-order valence-corrected chi connectivity index (χ2v) is 3.85. The van der Waals surface area contributed by atoms with Crippen molar-refractivity contribution in [2.45, 2.75) is 0 Å². The third-order valence-corrected chi connectivity index (χ3v) is 2.57. The first-order valence-corrected chi connectivity index (χ1v) is 5.62. The summed E-state index contributed by atoms with van der Waals surface area (Å²) in [5.41, 5.74) is 2.52. The summed E-state index contributed by atoms with van der Waals surface area (Å²) in [5, 5.41) is 0. The van der Waals surface area contributed by atoms with Gasteiger partial charge in [0.25, 0.3) is 0 Å². The summed E-state index contributed by atoms with van der Waals surface area (Å²) in [7, 11) is 0. The molecule has 0 amide bonds. The van der Waals surface area contributed by atoms with Crippen molar-refractivity contribution in [3.63, 3.8) is 0 Å². The molecule has 0 unspecified atom stereocenters. The molecular weight excluding hydrogens is 240 g/mol. The van der Waals surface area contributed by atoms with Crippen molar-refractivity contribution in [2.75, 3.05) is 0 Å². The van der Waals surface area contributed by atoms with Gasteiger partial charge in [-0.3, -0.25) is 9.59 Å². The van der Waals surface area contributed by atoms with Gasteiger partial charge in [0.2, 0.25) is 5.78 Å². The van der Waals surface area contributed by atoms with E-state index >= 15 is 0 Å². The maximum atomic E-state index is 11.1. The molecule has 0 aliphatic rings. The first-order chi connectivity index (χ1) is 8.79. The summed E-state index contributed by atoms with van der Waals surface area (Å²) >= 11 is 0. The Kier molecular flexibility index (Phi) is 5.38. The van der Waals surface area contributed by atoms with Gasteiger partial charge in [-0.15, -0.1) is 0 Å². The fourth-order valence-electron chi connectivity index (χ4n) is 1.58. The van der Waals surface area contributed by atoms with E-state index in [-0.39, 0.29) is 5.48 Å². The van der Waals surface area contributed by atoms with E-state index in [1.165, 1.54) is 0 Å². The lowest BCUT2D eigenvalue weighted by atomic mass is 10.1. The molecule has 96 valence electrons. The van der Waals surface area contributed by atoms with Crippen LogP contribution in [0.2, 0.25) is 0 Å². The molecule has 0 fully saturated rings.